The van der Waals surface area contributed by atoms with Crippen molar-refractivity contribution in [1.82, 2.24) is 0 Å². The van der Waals surface area contributed by atoms with Crippen LogP contribution in [-0.4, -0.2) is 0 Å². The second-order valence-electron chi connectivity index (χ2n) is 3.08. The molecule has 0 aromatic rings. The van der Waals surface area contributed by atoms with E-state index in [1.807, 2.05) is 0 Å². The van der Waals surface area contributed by atoms with Crippen molar-refractivity contribution in [2.45, 2.75) is 19.8 Å². The summed E-state index contributed by atoms with van der Waals surface area (Å²) in [4.78, 5) is 0. The maximum Gasteiger partial charge on any atom is 1.00 e. The van der Waals surface area contributed by atoms with Gasteiger partial charge in [-0.2, -0.15) is 0 Å². The fourth-order valence-corrected chi connectivity index (χ4v) is 1.69. The minimum atomic E-state index is 0. The zero-order valence-corrected chi connectivity index (χ0v) is 7.80. The number of allylic oxidation sites excluding steroid dienone is 8. The van der Waals surface area contributed by atoms with Crippen molar-refractivity contribution in [3.8, 4) is 0 Å². The minimum Gasteiger partial charge on any atom is -1.00 e. The number of hydrogen-bond donors (Lipinski definition) is 0. The first-order chi connectivity index (χ1) is 5.38. The molecule has 2 aliphatic carbocycles. The Kier molecular flexibility index (Phi) is 3.20. The van der Waals surface area contributed by atoms with Gasteiger partial charge >= 0.3 is 18.9 Å². The Labute approximate surface area is 87.4 Å². The summed E-state index contributed by atoms with van der Waals surface area (Å²) in [6.45, 7) is 2.18. The van der Waals surface area contributed by atoms with E-state index in [0.717, 1.165) is 0 Å². The zero-order chi connectivity index (χ0) is 7.68. The Morgan fingerprint density at radius 3 is 2.83 bits per heavy atom. The Balaban J connectivity index is 0.000000720. The maximum absolute atomic E-state index is 2.34. The first kappa shape index (κ1) is 9.64. The Hall–Kier alpha value is -0.443. The number of fused-ring (bicyclic) bond motifs is 1. The monoisotopic (exact) mass is 152 g/mol. The number of rotatable bonds is 0. The molecule has 0 atom stereocenters. The SMILES string of the molecule is CC1=CC=CC=C2CCC=C12.[H-].[Li+]. The molecule has 58 valence electrons. The summed E-state index contributed by atoms with van der Waals surface area (Å²) >= 11 is 0. The van der Waals surface area contributed by atoms with Crippen molar-refractivity contribution in [1.29, 1.82) is 0 Å². The summed E-state index contributed by atoms with van der Waals surface area (Å²) < 4.78 is 0. The van der Waals surface area contributed by atoms with Crippen LogP contribution < -0.4 is 18.9 Å². The van der Waals surface area contributed by atoms with Crippen LogP contribution in [0.3, 0.4) is 0 Å². The van der Waals surface area contributed by atoms with Crippen molar-refractivity contribution in [2.24, 2.45) is 0 Å². The average molecular weight is 152 g/mol. The predicted octanol–water partition coefficient (Wildman–Crippen LogP) is 0.266. The van der Waals surface area contributed by atoms with Gasteiger partial charge in [-0.05, 0) is 36.5 Å². The molecule has 0 saturated heterocycles. The van der Waals surface area contributed by atoms with Gasteiger partial charge in [0.25, 0.3) is 0 Å². The summed E-state index contributed by atoms with van der Waals surface area (Å²) in [7, 11) is 0. The first-order valence-corrected chi connectivity index (χ1v) is 4.13. The molecule has 0 nitrogen and oxygen atoms in total. The molecule has 0 spiro atoms. The van der Waals surface area contributed by atoms with E-state index in [-0.39, 0.29) is 20.3 Å². The van der Waals surface area contributed by atoms with E-state index in [2.05, 4.69) is 37.3 Å². The van der Waals surface area contributed by atoms with Crippen LogP contribution in [0.25, 0.3) is 0 Å². The second-order valence-corrected chi connectivity index (χ2v) is 3.08. The van der Waals surface area contributed by atoms with Gasteiger partial charge in [0.1, 0.15) is 0 Å². The molecule has 0 bridgehead atoms. The summed E-state index contributed by atoms with van der Waals surface area (Å²) in [5.74, 6) is 0. The molecule has 0 aromatic carbocycles. The van der Waals surface area contributed by atoms with Gasteiger partial charge < -0.3 is 1.43 Å². The molecule has 2 aliphatic rings. The molecule has 0 N–H and O–H groups in total. The molecule has 0 unspecified atom stereocenters. The van der Waals surface area contributed by atoms with E-state index in [4.69, 9.17) is 0 Å². The van der Waals surface area contributed by atoms with Gasteiger partial charge in [-0.25, -0.2) is 0 Å². The van der Waals surface area contributed by atoms with E-state index in [1.54, 1.807) is 0 Å². The molecule has 0 fully saturated rings. The topological polar surface area (TPSA) is 0 Å². The molecule has 0 aliphatic heterocycles. The van der Waals surface area contributed by atoms with E-state index >= 15 is 0 Å². The van der Waals surface area contributed by atoms with Crippen LogP contribution in [-0.2, 0) is 0 Å². The molecule has 12 heavy (non-hydrogen) atoms. The molecule has 2 rings (SSSR count). The fraction of sp³-hybridized carbons (Fsp3) is 0.273. The van der Waals surface area contributed by atoms with Gasteiger partial charge in [-0.15, -0.1) is 0 Å². The van der Waals surface area contributed by atoms with Crippen LogP contribution in [0.4, 0.5) is 0 Å². The fourth-order valence-electron chi connectivity index (χ4n) is 1.69. The minimum absolute atomic E-state index is 0. The Bertz CT molecular complexity index is 295. The van der Waals surface area contributed by atoms with Gasteiger partial charge in [0, 0.05) is 0 Å². The predicted molar refractivity (Wildman–Crippen MR) is 49.4 cm³/mol. The normalized spacial score (nSPS) is 19.9. The van der Waals surface area contributed by atoms with Crippen LogP contribution in [0.15, 0.2) is 47.1 Å². The van der Waals surface area contributed by atoms with Crippen LogP contribution in [0.1, 0.15) is 21.2 Å². The molecular weight excluding hydrogens is 139 g/mol. The van der Waals surface area contributed by atoms with Crippen molar-refractivity contribution < 1.29 is 20.3 Å². The third-order valence-electron chi connectivity index (χ3n) is 2.29. The van der Waals surface area contributed by atoms with Gasteiger partial charge in [0.2, 0.25) is 0 Å². The summed E-state index contributed by atoms with van der Waals surface area (Å²) in [6, 6.07) is 0. The molecular formula is C11H13Li. The van der Waals surface area contributed by atoms with E-state index in [1.165, 1.54) is 29.6 Å². The third kappa shape index (κ3) is 1.66. The quantitative estimate of drug-likeness (QED) is 0.437. The Morgan fingerprint density at radius 1 is 1.25 bits per heavy atom. The maximum atomic E-state index is 2.34. The van der Waals surface area contributed by atoms with Gasteiger partial charge in [-0.3, -0.25) is 0 Å². The Morgan fingerprint density at radius 2 is 2.00 bits per heavy atom. The third-order valence-corrected chi connectivity index (χ3v) is 2.29. The summed E-state index contributed by atoms with van der Waals surface area (Å²) in [5, 5.41) is 0. The summed E-state index contributed by atoms with van der Waals surface area (Å²) in [6.07, 6.45) is 13.4. The second kappa shape index (κ2) is 3.98. The number of hydrogen-bond acceptors (Lipinski definition) is 0. The van der Waals surface area contributed by atoms with Crippen LogP contribution in [0.2, 0.25) is 0 Å². The van der Waals surface area contributed by atoms with Gasteiger partial charge in [0.15, 0.2) is 0 Å². The molecule has 0 saturated carbocycles. The van der Waals surface area contributed by atoms with Crippen molar-refractivity contribution in [2.75, 3.05) is 0 Å². The standard InChI is InChI=1S/C11H12.Li.H/c1-9-5-2-3-6-10-7-4-8-11(9)10;;/h2-3,5-6,8H,4,7H2,1H3;;/q;+1;-1. The molecule has 1 heteroatoms. The molecule has 0 aromatic heterocycles. The first-order valence-electron chi connectivity index (χ1n) is 4.13. The molecule has 0 radical (unpaired) electrons. The van der Waals surface area contributed by atoms with Crippen LogP contribution in [0.5, 0.6) is 0 Å². The molecule has 0 amide bonds. The van der Waals surface area contributed by atoms with E-state index < -0.39 is 0 Å². The van der Waals surface area contributed by atoms with E-state index in [0.29, 0.717) is 0 Å². The van der Waals surface area contributed by atoms with E-state index in [9.17, 15) is 0 Å². The smallest absolute Gasteiger partial charge is 1.00 e. The summed E-state index contributed by atoms with van der Waals surface area (Å²) in [5.41, 5.74) is 4.38. The average Bonchev–Trinajstić information content (AvgIpc) is 2.40. The zero-order valence-electron chi connectivity index (χ0n) is 8.80. The van der Waals surface area contributed by atoms with Crippen molar-refractivity contribution >= 4 is 0 Å². The van der Waals surface area contributed by atoms with Crippen LogP contribution in [0, 0.1) is 0 Å². The van der Waals surface area contributed by atoms with Gasteiger partial charge in [-0.1, -0.05) is 30.4 Å². The largest absolute Gasteiger partial charge is 1.00 e. The molecule has 0 heterocycles. The van der Waals surface area contributed by atoms with Crippen molar-refractivity contribution in [3.05, 3.63) is 47.1 Å². The van der Waals surface area contributed by atoms with Gasteiger partial charge in [0.05, 0.1) is 0 Å². The van der Waals surface area contributed by atoms with Crippen molar-refractivity contribution in [3.63, 3.8) is 0 Å². The van der Waals surface area contributed by atoms with Crippen LogP contribution >= 0.6 is 0 Å².